The first-order chi connectivity index (χ1) is 13.5. The van der Waals surface area contributed by atoms with E-state index in [9.17, 15) is 4.79 Å². The molecule has 3 aromatic heterocycles. The number of amides is 1. The molecule has 1 atom stereocenters. The van der Waals surface area contributed by atoms with E-state index in [1.807, 2.05) is 0 Å². The van der Waals surface area contributed by atoms with E-state index < -0.39 is 0 Å². The summed E-state index contributed by atoms with van der Waals surface area (Å²) in [5.41, 5.74) is 1.56. The van der Waals surface area contributed by atoms with Gasteiger partial charge in [-0.05, 0) is 26.7 Å². The van der Waals surface area contributed by atoms with Crippen molar-refractivity contribution in [3.05, 3.63) is 35.7 Å². The zero-order valence-corrected chi connectivity index (χ0v) is 15.7. The average molecular weight is 380 g/mol. The molecule has 2 N–H and O–H groups in total. The van der Waals surface area contributed by atoms with E-state index in [2.05, 4.69) is 37.5 Å². The molecule has 3 aromatic rings. The van der Waals surface area contributed by atoms with Crippen LogP contribution < -0.4 is 10.6 Å². The minimum absolute atomic E-state index is 0.00507. The van der Waals surface area contributed by atoms with Gasteiger partial charge in [-0.15, -0.1) is 0 Å². The highest BCUT2D eigenvalue weighted by atomic mass is 16.5. The molecule has 9 nitrogen and oxygen atoms in total. The zero-order valence-electron chi connectivity index (χ0n) is 15.7. The van der Waals surface area contributed by atoms with Crippen LogP contribution in [0.15, 0.2) is 23.1 Å². The lowest BCUT2D eigenvalue weighted by atomic mass is 10.1. The summed E-state index contributed by atoms with van der Waals surface area (Å²) in [6, 6.07) is 0. The van der Waals surface area contributed by atoms with E-state index in [1.54, 1.807) is 13.1 Å². The molecule has 9 heteroatoms. The van der Waals surface area contributed by atoms with Gasteiger partial charge in [0.1, 0.15) is 24.0 Å². The fourth-order valence-electron chi connectivity index (χ4n) is 3.23. The number of nitrogens with zero attached hydrogens (tertiary/aromatic N) is 4. The highest BCUT2D eigenvalue weighted by Crippen LogP contribution is 2.40. The molecule has 1 unspecified atom stereocenters. The summed E-state index contributed by atoms with van der Waals surface area (Å²) in [7, 11) is 0. The summed E-state index contributed by atoms with van der Waals surface area (Å²) in [6.45, 7) is 4.60. The van der Waals surface area contributed by atoms with Gasteiger partial charge < -0.3 is 19.8 Å². The summed E-state index contributed by atoms with van der Waals surface area (Å²) in [5, 5.41) is 6.78. The van der Waals surface area contributed by atoms with Gasteiger partial charge in [-0.3, -0.25) is 9.78 Å². The van der Waals surface area contributed by atoms with Crippen LogP contribution >= 0.6 is 0 Å². The number of aromatic nitrogens is 4. The number of hydrogen-bond acceptors (Lipinski definition) is 8. The summed E-state index contributed by atoms with van der Waals surface area (Å²) in [5.74, 6) is 1.11. The Kier molecular flexibility index (Phi) is 3.80. The summed E-state index contributed by atoms with van der Waals surface area (Å²) in [6.07, 6.45) is 7.67. The molecule has 4 heterocycles. The molecule has 0 radical (unpaired) electrons. The lowest BCUT2D eigenvalue weighted by Crippen LogP contribution is -2.20. The van der Waals surface area contributed by atoms with Crippen LogP contribution in [0.1, 0.15) is 54.1 Å². The van der Waals surface area contributed by atoms with Crippen LogP contribution in [0.4, 0.5) is 11.6 Å². The van der Waals surface area contributed by atoms with Crippen LogP contribution in [0.3, 0.4) is 0 Å². The van der Waals surface area contributed by atoms with Crippen molar-refractivity contribution in [1.29, 1.82) is 0 Å². The second-order valence-corrected chi connectivity index (χ2v) is 7.55. The molecule has 28 heavy (non-hydrogen) atoms. The fraction of sp³-hybridized carbons (Fsp3) is 0.421. The Labute approximate surface area is 160 Å². The van der Waals surface area contributed by atoms with Gasteiger partial charge in [-0.25, -0.2) is 15.0 Å². The van der Waals surface area contributed by atoms with Crippen LogP contribution in [0, 0.1) is 6.92 Å². The third-order valence-corrected chi connectivity index (χ3v) is 5.25. The number of furan rings is 1. The smallest absolute Gasteiger partial charge is 0.261 e. The standard InChI is InChI=1S/C19H20N6O3/c1-10-14(15-16(25-19(2)4-5-19)22-9-23-18(15)28-10)17(26)24-13-8-20-11(7-21-13)12-3-6-27-12/h7-9,12H,3-6H2,1-2H3,(H,21,24,26)(H,22,23,25). The molecule has 0 aromatic carbocycles. The number of fused-ring (bicyclic) bond motifs is 1. The van der Waals surface area contributed by atoms with Crippen LogP contribution in [-0.4, -0.2) is 38.0 Å². The molecule has 1 amide bonds. The predicted octanol–water partition coefficient (Wildman–Crippen LogP) is 3.00. The first-order valence-electron chi connectivity index (χ1n) is 9.30. The number of anilines is 2. The third kappa shape index (κ3) is 2.97. The molecule has 0 bridgehead atoms. The minimum atomic E-state index is -0.336. The van der Waals surface area contributed by atoms with Crippen LogP contribution in [0.5, 0.6) is 0 Å². The lowest BCUT2D eigenvalue weighted by molar-refractivity contribution is -0.0554. The SMILES string of the molecule is Cc1oc2ncnc(NC3(C)CC3)c2c1C(=O)Nc1cnc(C2CCO2)cn1. The molecule has 1 saturated carbocycles. The third-order valence-electron chi connectivity index (χ3n) is 5.25. The monoisotopic (exact) mass is 380 g/mol. The molecule has 144 valence electrons. The maximum absolute atomic E-state index is 13.0. The molecule has 1 aliphatic carbocycles. The molecule has 5 rings (SSSR count). The van der Waals surface area contributed by atoms with E-state index in [4.69, 9.17) is 9.15 Å². The molecular formula is C19H20N6O3. The molecular weight excluding hydrogens is 360 g/mol. The molecule has 2 aliphatic rings. The van der Waals surface area contributed by atoms with Gasteiger partial charge in [-0.2, -0.15) is 0 Å². The van der Waals surface area contributed by atoms with Crippen molar-refractivity contribution in [2.75, 3.05) is 17.2 Å². The van der Waals surface area contributed by atoms with Crippen LogP contribution in [0.25, 0.3) is 11.1 Å². The molecule has 2 fully saturated rings. The fourth-order valence-corrected chi connectivity index (χ4v) is 3.23. The second-order valence-electron chi connectivity index (χ2n) is 7.55. The first kappa shape index (κ1) is 17.1. The van der Waals surface area contributed by atoms with E-state index in [0.717, 1.165) is 31.6 Å². The van der Waals surface area contributed by atoms with Crippen LogP contribution in [-0.2, 0) is 4.74 Å². The summed E-state index contributed by atoms with van der Waals surface area (Å²) in [4.78, 5) is 30.1. The van der Waals surface area contributed by atoms with Gasteiger partial charge in [0, 0.05) is 12.0 Å². The van der Waals surface area contributed by atoms with Crippen molar-refractivity contribution < 1.29 is 13.9 Å². The topological polar surface area (TPSA) is 115 Å². The quantitative estimate of drug-likeness (QED) is 0.694. The normalized spacial score (nSPS) is 19.9. The molecule has 1 saturated heterocycles. The van der Waals surface area contributed by atoms with Gasteiger partial charge in [0.2, 0.25) is 5.71 Å². The Morgan fingerprint density at radius 3 is 2.68 bits per heavy atom. The van der Waals surface area contributed by atoms with Crippen molar-refractivity contribution >= 4 is 28.6 Å². The van der Waals surface area contributed by atoms with Crippen molar-refractivity contribution in [2.45, 2.75) is 44.8 Å². The number of carbonyl (C=O) groups excluding carboxylic acids is 1. The number of nitrogens with one attached hydrogen (secondary N) is 2. The second kappa shape index (κ2) is 6.23. The maximum atomic E-state index is 13.0. The largest absolute Gasteiger partial charge is 0.442 e. The number of ether oxygens (including phenoxy) is 1. The van der Waals surface area contributed by atoms with Gasteiger partial charge >= 0.3 is 0 Å². The number of rotatable bonds is 5. The zero-order chi connectivity index (χ0) is 19.3. The first-order valence-corrected chi connectivity index (χ1v) is 9.30. The molecule has 0 spiro atoms. The van der Waals surface area contributed by atoms with E-state index in [0.29, 0.717) is 34.1 Å². The van der Waals surface area contributed by atoms with E-state index in [-0.39, 0.29) is 17.6 Å². The minimum Gasteiger partial charge on any atom is -0.442 e. The Balaban J connectivity index is 1.44. The van der Waals surface area contributed by atoms with Gasteiger partial charge in [-0.1, -0.05) is 0 Å². The van der Waals surface area contributed by atoms with Gasteiger partial charge in [0.15, 0.2) is 5.82 Å². The number of hydrogen-bond donors (Lipinski definition) is 2. The summed E-state index contributed by atoms with van der Waals surface area (Å²) >= 11 is 0. The Morgan fingerprint density at radius 2 is 2.04 bits per heavy atom. The highest BCUT2D eigenvalue weighted by Gasteiger charge is 2.38. The van der Waals surface area contributed by atoms with Gasteiger partial charge in [0.05, 0.1) is 35.6 Å². The van der Waals surface area contributed by atoms with Crippen molar-refractivity contribution in [3.8, 4) is 0 Å². The van der Waals surface area contributed by atoms with Crippen molar-refractivity contribution in [3.63, 3.8) is 0 Å². The lowest BCUT2D eigenvalue weighted by Gasteiger charge is -2.25. The molecule has 1 aliphatic heterocycles. The maximum Gasteiger partial charge on any atom is 0.261 e. The predicted molar refractivity (Wildman–Crippen MR) is 101 cm³/mol. The van der Waals surface area contributed by atoms with Crippen LogP contribution in [0.2, 0.25) is 0 Å². The highest BCUT2D eigenvalue weighted by molar-refractivity contribution is 6.15. The number of carbonyl (C=O) groups is 1. The average Bonchev–Trinajstić information content (AvgIpc) is 3.23. The van der Waals surface area contributed by atoms with E-state index in [1.165, 1.54) is 12.5 Å². The van der Waals surface area contributed by atoms with Crippen molar-refractivity contribution in [1.82, 2.24) is 19.9 Å². The Bertz CT molecular complexity index is 1050. The van der Waals surface area contributed by atoms with E-state index >= 15 is 0 Å². The van der Waals surface area contributed by atoms with Gasteiger partial charge in [0.25, 0.3) is 5.91 Å². The Hall–Kier alpha value is -3.07. The summed E-state index contributed by atoms with van der Waals surface area (Å²) < 4.78 is 11.1. The number of aryl methyl sites for hydroxylation is 1. The van der Waals surface area contributed by atoms with Crippen molar-refractivity contribution in [2.24, 2.45) is 0 Å². The Morgan fingerprint density at radius 1 is 1.21 bits per heavy atom.